The van der Waals surface area contributed by atoms with Gasteiger partial charge in [-0.3, -0.25) is 4.79 Å². The van der Waals surface area contributed by atoms with E-state index in [4.69, 9.17) is 4.74 Å². The highest BCUT2D eigenvalue weighted by atomic mass is 32.1. The van der Waals surface area contributed by atoms with Crippen LogP contribution in [0.25, 0.3) is 5.57 Å². The minimum Gasteiger partial charge on any atom is -0.444 e. The lowest BCUT2D eigenvalue weighted by Crippen LogP contribution is -2.51. The maximum Gasteiger partial charge on any atom is 0.410 e. The Kier molecular flexibility index (Phi) is 5.70. The van der Waals surface area contributed by atoms with Crippen LogP contribution in [0.3, 0.4) is 0 Å². The second-order valence-corrected chi connectivity index (χ2v) is 8.24. The van der Waals surface area contributed by atoms with Crippen molar-refractivity contribution in [2.24, 2.45) is 0 Å². The van der Waals surface area contributed by atoms with Gasteiger partial charge in [-0.15, -0.1) is 11.3 Å². The van der Waals surface area contributed by atoms with E-state index in [1.165, 1.54) is 0 Å². The Morgan fingerprint density at radius 2 is 1.75 bits per heavy atom. The summed E-state index contributed by atoms with van der Waals surface area (Å²) < 4.78 is 5.37. The van der Waals surface area contributed by atoms with Crippen LogP contribution in [-0.2, 0) is 16.0 Å². The number of thiophene rings is 1. The average Bonchev–Trinajstić information content (AvgIpc) is 2.94. The van der Waals surface area contributed by atoms with E-state index in [2.05, 4.69) is 6.58 Å². The predicted octanol–water partition coefficient (Wildman–Crippen LogP) is 3.40. The summed E-state index contributed by atoms with van der Waals surface area (Å²) in [6, 6.07) is 4.00. The van der Waals surface area contributed by atoms with Crippen molar-refractivity contribution in [3.8, 4) is 0 Å². The van der Waals surface area contributed by atoms with Crippen LogP contribution in [0.4, 0.5) is 4.79 Å². The van der Waals surface area contributed by atoms with Gasteiger partial charge in [-0.1, -0.05) is 6.58 Å². The summed E-state index contributed by atoms with van der Waals surface area (Å²) in [7, 11) is 0. The molecule has 0 aliphatic carbocycles. The standard InChI is InChI=1S/C18H26N2O3S/c1-13(2)15-7-6-14(24-15)12-16(21)19-8-10-20(11-9-19)17(22)23-18(3,4)5/h6-7H,1,8-12H2,2-5H3. The van der Waals surface area contributed by atoms with Crippen LogP contribution in [-0.4, -0.2) is 53.6 Å². The molecule has 0 bridgehead atoms. The third kappa shape index (κ3) is 5.09. The van der Waals surface area contributed by atoms with Gasteiger partial charge in [-0.25, -0.2) is 4.79 Å². The average molecular weight is 350 g/mol. The molecule has 2 heterocycles. The molecule has 0 unspecified atom stereocenters. The summed E-state index contributed by atoms with van der Waals surface area (Å²) in [5.41, 5.74) is 0.522. The zero-order valence-electron chi connectivity index (χ0n) is 14.9. The first-order valence-electron chi connectivity index (χ1n) is 8.16. The van der Waals surface area contributed by atoms with Gasteiger partial charge in [0.1, 0.15) is 5.60 Å². The molecule has 5 nitrogen and oxygen atoms in total. The van der Waals surface area contributed by atoms with Gasteiger partial charge in [0.05, 0.1) is 6.42 Å². The number of hydrogen-bond acceptors (Lipinski definition) is 4. The molecule has 6 heteroatoms. The number of hydrogen-bond donors (Lipinski definition) is 0. The highest BCUT2D eigenvalue weighted by molar-refractivity contribution is 7.13. The topological polar surface area (TPSA) is 49.9 Å². The molecule has 0 spiro atoms. The van der Waals surface area contributed by atoms with E-state index in [1.807, 2.05) is 44.7 Å². The number of allylic oxidation sites excluding steroid dienone is 1. The van der Waals surface area contributed by atoms with Gasteiger partial charge in [0.15, 0.2) is 0 Å². The van der Waals surface area contributed by atoms with Crippen LogP contribution in [0.2, 0.25) is 0 Å². The first kappa shape index (κ1) is 18.5. The van der Waals surface area contributed by atoms with Crippen molar-refractivity contribution in [3.63, 3.8) is 0 Å². The highest BCUT2D eigenvalue weighted by Gasteiger charge is 2.27. The van der Waals surface area contributed by atoms with Gasteiger partial charge in [0.25, 0.3) is 0 Å². The molecular weight excluding hydrogens is 324 g/mol. The zero-order valence-corrected chi connectivity index (χ0v) is 15.7. The lowest BCUT2D eigenvalue weighted by atomic mass is 10.2. The molecule has 1 aromatic heterocycles. The fraction of sp³-hybridized carbons (Fsp3) is 0.556. The maximum atomic E-state index is 12.4. The Morgan fingerprint density at radius 3 is 2.25 bits per heavy atom. The third-order valence-corrected chi connectivity index (χ3v) is 4.94. The molecule has 24 heavy (non-hydrogen) atoms. The van der Waals surface area contributed by atoms with Crippen LogP contribution >= 0.6 is 11.3 Å². The van der Waals surface area contributed by atoms with E-state index in [1.54, 1.807) is 16.2 Å². The molecule has 0 aromatic carbocycles. The number of rotatable bonds is 3. The molecular formula is C18H26N2O3S. The van der Waals surface area contributed by atoms with E-state index in [9.17, 15) is 9.59 Å². The SMILES string of the molecule is C=C(C)c1ccc(CC(=O)N2CCN(C(=O)OC(C)(C)C)CC2)s1. The second-order valence-electron chi connectivity index (χ2n) is 7.07. The zero-order chi connectivity index (χ0) is 17.9. The second kappa shape index (κ2) is 7.38. The Morgan fingerprint density at radius 1 is 1.17 bits per heavy atom. The fourth-order valence-electron chi connectivity index (χ4n) is 2.43. The van der Waals surface area contributed by atoms with Crippen molar-refractivity contribution in [2.45, 2.75) is 39.7 Å². The van der Waals surface area contributed by atoms with Crippen molar-refractivity contribution in [2.75, 3.05) is 26.2 Å². The number of carbonyl (C=O) groups excluding carboxylic acids is 2. The van der Waals surface area contributed by atoms with Gasteiger partial charge in [-0.05, 0) is 45.4 Å². The van der Waals surface area contributed by atoms with Gasteiger partial charge < -0.3 is 14.5 Å². The maximum absolute atomic E-state index is 12.4. The van der Waals surface area contributed by atoms with Crippen molar-refractivity contribution >= 4 is 28.9 Å². The van der Waals surface area contributed by atoms with Crippen molar-refractivity contribution in [1.82, 2.24) is 9.80 Å². The van der Waals surface area contributed by atoms with E-state index in [-0.39, 0.29) is 12.0 Å². The summed E-state index contributed by atoms with van der Waals surface area (Å²) >= 11 is 1.61. The Hall–Kier alpha value is -1.82. The number of carbonyl (C=O) groups is 2. The van der Waals surface area contributed by atoms with Gasteiger partial charge in [0, 0.05) is 35.9 Å². The van der Waals surface area contributed by atoms with Crippen LogP contribution in [0, 0.1) is 0 Å². The molecule has 132 valence electrons. The lowest BCUT2D eigenvalue weighted by Gasteiger charge is -2.35. The first-order valence-corrected chi connectivity index (χ1v) is 8.97. The van der Waals surface area contributed by atoms with Crippen LogP contribution in [0.1, 0.15) is 37.4 Å². The number of piperazine rings is 1. The molecule has 0 N–H and O–H groups in total. The normalized spacial score (nSPS) is 15.3. The molecule has 2 rings (SSSR count). The molecule has 2 amide bonds. The van der Waals surface area contributed by atoms with Crippen molar-refractivity contribution in [1.29, 1.82) is 0 Å². The van der Waals surface area contributed by atoms with Crippen molar-refractivity contribution in [3.05, 3.63) is 28.5 Å². The highest BCUT2D eigenvalue weighted by Crippen LogP contribution is 2.23. The third-order valence-electron chi connectivity index (χ3n) is 3.69. The summed E-state index contributed by atoms with van der Waals surface area (Å²) in [5, 5.41) is 0. The molecule has 0 saturated carbocycles. The van der Waals surface area contributed by atoms with Crippen LogP contribution in [0.15, 0.2) is 18.7 Å². The summed E-state index contributed by atoms with van der Waals surface area (Å²) in [5.74, 6) is 0.106. The number of amides is 2. The summed E-state index contributed by atoms with van der Waals surface area (Å²) in [6.07, 6.45) is 0.101. The fourth-order valence-corrected chi connectivity index (χ4v) is 3.35. The predicted molar refractivity (Wildman–Crippen MR) is 97.1 cm³/mol. The first-order chi connectivity index (χ1) is 11.2. The summed E-state index contributed by atoms with van der Waals surface area (Å²) in [4.78, 5) is 30.1. The molecule has 1 aromatic rings. The van der Waals surface area contributed by atoms with Gasteiger partial charge in [-0.2, -0.15) is 0 Å². The molecule has 1 aliphatic rings. The molecule has 1 saturated heterocycles. The number of ether oxygens (including phenoxy) is 1. The minimum atomic E-state index is -0.496. The van der Waals surface area contributed by atoms with Gasteiger partial charge in [0.2, 0.25) is 5.91 Å². The quantitative estimate of drug-likeness (QED) is 0.839. The molecule has 0 atom stereocenters. The number of nitrogens with zero attached hydrogens (tertiary/aromatic N) is 2. The largest absolute Gasteiger partial charge is 0.444 e. The molecule has 0 radical (unpaired) electrons. The Bertz CT molecular complexity index is 622. The smallest absolute Gasteiger partial charge is 0.410 e. The molecule has 1 fully saturated rings. The summed E-state index contributed by atoms with van der Waals surface area (Å²) in [6.45, 7) is 13.6. The van der Waals surface area contributed by atoms with E-state index in [0.717, 1.165) is 15.3 Å². The minimum absolute atomic E-state index is 0.106. The van der Waals surface area contributed by atoms with E-state index >= 15 is 0 Å². The van der Waals surface area contributed by atoms with Gasteiger partial charge >= 0.3 is 6.09 Å². The monoisotopic (exact) mass is 350 g/mol. The van der Waals surface area contributed by atoms with Crippen molar-refractivity contribution < 1.29 is 14.3 Å². The van der Waals surface area contributed by atoms with E-state index in [0.29, 0.717) is 32.6 Å². The lowest BCUT2D eigenvalue weighted by molar-refractivity contribution is -0.132. The molecule has 1 aliphatic heterocycles. The Balaban J connectivity index is 1.84. The van der Waals surface area contributed by atoms with Crippen LogP contribution < -0.4 is 0 Å². The van der Waals surface area contributed by atoms with Crippen LogP contribution in [0.5, 0.6) is 0 Å². The van der Waals surface area contributed by atoms with E-state index < -0.39 is 5.60 Å². The Labute approximate surface area is 147 Å².